The van der Waals surface area contributed by atoms with Crippen molar-refractivity contribution in [2.75, 3.05) is 0 Å². The van der Waals surface area contributed by atoms with Gasteiger partial charge in [-0.1, -0.05) is 47.5 Å². The van der Waals surface area contributed by atoms with E-state index in [2.05, 4.69) is 0 Å². The summed E-state index contributed by atoms with van der Waals surface area (Å²) in [5, 5.41) is 0.297. The third kappa shape index (κ3) is 3.96. The van der Waals surface area contributed by atoms with Gasteiger partial charge in [-0.2, -0.15) is 0 Å². The number of halogens is 3. The van der Waals surface area contributed by atoms with Crippen molar-refractivity contribution in [2.45, 2.75) is 6.54 Å². The Morgan fingerprint density at radius 1 is 1.03 bits per heavy atom. The first-order chi connectivity index (χ1) is 13.9. The molecule has 146 valence electrons. The molecule has 0 atom stereocenters. The second kappa shape index (κ2) is 8.06. The molecule has 0 saturated carbocycles. The van der Waals surface area contributed by atoms with Gasteiger partial charge in [-0.25, -0.2) is 4.39 Å². The molecular formula is C21H12Cl2FNO3S. The van der Waals surface area contributed by atoms with Gasteiger partial charge in [-0.15, -0.1) is 0 Å². The largest absolute Gasteiger partial charge is 0.457 e. The molecular weight excluding hydrogens is 436 g/mol. The normalized spacial score (nSPS) is 15.6. The maximum atomic E-state index is 13.9. The highest BCUT2D eigenvalue weighted by atomic mass is 35.5. The summed E-state index contributed by atoms with van der Waals surface area (Å²) in [5.74, 6) is -0.103. The SMILES string of the molecule is O=C1S/C(=C/c2ccc(-c3cccc(Cl)c3Cl)o2)C(=O)N1Cc1ccccc1F. The van der Waals surface area contributed by atoms with E-state index in [1.54, 1.807) is 42.5 Å². The van der Waals surface area contributed by atoms with E-state index in [1.807, 2.05) is 0 Å². The van der Waals surface area contributed by atoms with Crippen LogP contribution in [0.4, 0.5) is 9.18 Å². The van der Waals surface area contributed by atoms with Gasteiger partial charge in [-0.3, -0.25) is 14.5 Å². The molecule has 0 aliphatic carbocycles. The molecule has 2 heterocycles. The van der Waals surface area contributed by atoms with Gasteiger partial charge in [-0.05, 0) is 42.1 Å². The van der Waals surface area contributed by atoms with Crippen molar-refractivity contribution in [3.63, 3.8) is 0 Å². The van der Waals surface area contributed by atoms with Gasteiger partial charge in [0.15, 0.2) is 0 Å². The number of carbonyl (C=O) groups excluding carboxylic acids is 2. The van der Waals surface area contributed by atoms with Crippen LogP contribution in [0.15, 0.2) is 63.9 Å². The lowest BCUT2D eigenvalue weighted by Gasteiger charge is -2.12. The van der Waals surface area contributed by atoms with Crippen LogP contribution in [0.1, 0.15) is 11.3 Å². The number of carbonyl (C=O) groups is 2. The number of nitrogens with zero attached hydrogens (tertiary/aromatic N) is 1. The van der Waals surface area contributed by atoms with Gasteiger partial charge in [0.2, 0.25) is 0 Å². The van der Waals surface area contributed by atoms with Crippen molar-refractivity contribution in [2.24, 2.45) is 0 Å². The van der Waals surface area contributed by atoms with Crippen LogP contribution >= 0.6 is 35.0 Å². The third-order valence-corrected chi connectivity index (χ3v) is 6.00. The van der Waals surface area contributed by atoms with Crippen LogP contribution in [0.5, 0.6) is 0 Å². The Kier molecular flexibility index (Phi) is 5.50. The molecule has 1 saturated heterocycles. The van der Waals surface area contributed by atoms with E-state index in [-0.39, 0.29) is 17.0 Å². The molecule has 0 N–H and O–H groups in total. The van der Waals surface area contributed by atoms with Gasteiger partial charge in [0.25, 0.3) is 11.1 Å². The molecule has 1 aliphatic rings. The molecule has 3 aromatic rings. The van der Waals surface area contributed by atoms with E-state index in [9.17, 15) is 14.0 Å². The summed E-state index contributed by atoms with van der Waals surface area (Å²) in [7, 11) is 0. The topological polar surface area (TPSA) is 50.5 Å². The van der Waals surface area contributed by atoms with E-state index >= 15 is 0 Å². The second-order valence-corrected chi connectivity index (χ2v) is 7.94. The number of amides is 2. The quantitative estimate of drug-likeness (QED) is 0.421. The number of hydrogen-bond donors (Lipinski definition) is 0. The van der Waals surface area contributed by atoms with Gasteiger partial charge in [0.1, 0.15) is 17.3 Å². The summed E-state index contributed by atoms with van der Waals surface area (Å²) < 4.78 is 19.6. The van der Waals surface area contributed by atoms with Gasteiger partial charge >= 0.3 is 0 Å². The summed E-state index contributed by atoms with van der Waals surface area (Å²) in [6.07, 6.45) is 1.48. The van der Waals surface area contributed by atoms with Gasteiger partial charge in [0.05, 0.1) is 21.5 Å². The highest BCUT2D eigenvalue weighted by molar-refractivity contribution is 8.18. The zero-order chi connectivity index (χ0) is 20.5. The number of imide groups is 1. The van der Waals surface area contributed by atoms with Crippen LogP contribution in [0, 0.1) is 5.82 Å². The molecule has 2 aromatic carbocycles. The van der Waals surface area contributed by atoms with Crippen molar-refractivity contribution in [3.05, 3.63) is 86.7 Å². The molecule has 4 nitrogen and oxygen atoms in total. The number of furan rings is 1. The Bertz CT molecular complexity index is 1160. The maximum Gasteiger partial charge on any atom is 0.293 e. The highest BCUT2D eigenvalue weighted by Gasteiger charge is 2.35. The van der Waals surface area contributed by atoms with Crippen molar-refractivity contribution < 1.29 is 18.4 Å². The molecule has 1 fully saturated rings. The minimum atomic E-state index is -0.498. The summed E-state index contributed by atoms with van der Waals surface area (Å²) in [4.78, 5) is 26.1. The Morgan fingerprint density at radius 3 is 2.62 bits per heavy atom. The lowest BCUT2D eigenvalue weighted by atomic mass is 10.2. The van der Waals surface area contributed by atoms with Crippen molar-refractivity contribution in [3.8, 4) is 11.3 Å². The number of rotatable bonds is 4. The van der Waals surface area contributed by atoms with Crippen LogP contribution in [0.25, 0.3) is 17.4 Å². The molecule has 1 aliphatic heterocycles. The fourth-order valence-electron chi connectivity index (χ4n) is 2.83. The summed E-state index contributed by atoms with van der Waals surface area (Å²) >= 11 is 13.0. The van der Waals surface area contributed by atoms with Gasteiger partial charge in [0, 0.05) is 17.2 Å². The van der Waals surface area contributed by atoms with Crippen LogP contribution in [0.2, 0.25) is 10.0 Å². The molecule has 2 amide bonds. The fraction of sp³-hybridized carbons (Fsp3) is 0.0476. The van der Waals surface area contributed by atoms with Crippen molar-refractivity contribution >= 4 is 52.2 Å². The first kappa shape index (κ1) is 19.8. The monoisotopic (exact) mass is 447 g/mol. The third-order valence-electron chi connectivity index (χ3n) is 4.28. The van der Waals surface area contributed by atoms with E-state index < -0.39 is 17.0 Å². The lowest BCUT2D eigenvalue weighted by molar-refractivity contribution is -0.123. The van der Waals surface area contributed by atoms with Crippen LogP contribution in [-0.2, 0) is 11.3 Å². The minimum Gasteiger partial charge on any atom is -0.457 e. The summed E-state index contributed by atoms with van der Waals surface area (Å²) in [6, 6.07) is 14.6. The van der Waals surface area contributed by atoms with E-state index in [0.29, 0.717) is 27.1 Å². The zero-order valence-corrected chi connectivity index (χ0v) is 17.0. The predicted octanol–water partition coefficient (Wildman–Crippen LogP) is 6.63. The molecule has 0 radical (unpaired) electrons. The lowest BCUT2D eigenvalue weighted by Crippen LogP contribution is -2.27. The minimum absolute atomic E-state index is 0.129. The number of benzene rings is 2. The zero-order valence-electron chi connectivity index (χ0n) is 14.7. The van der Waals surface area contributed by atoms with Crippen LogP contribution < -0.4 is 0 Å². The molecule has 1 aromatic heterocycles. The van der Waals surface area contributed by atoms with Crippen molar-refractivity contribution in [1.29, 1.82) is 0 Å². The Morgan fingerprint density at radius 2 is 1.83 bits per heavy atom. The van der Waals surface area contributed by atoms with Crippen LogP contribution in [0.3, 0.4) is 0 Å². The average Bonchev–Trinajstić information content (AvgIpc) is 3.26. The Labute approximate surface area is 179 Å². The van der Waals surface area contributed by atoms with Crippen LogP contribution in [-0.4, -0.2) is 16.0 Å². The van der Waals surface area contributed by atoms with E-state index in [0.717, 1.165) is 16.7 Å². The molecule has 0 spiro atoms. The molecule has 0 unspecified atom stereocenters. The first-order valence-corrected chi connectivity index (χ1v) is 10.0. The van der Waals surface area contributed by atoms with Crippen molar-refractivity contribution in [1.82, 2.24) is 4.90 Å². The fourth-order valence-corrected chi connectivity index (χ4v) is 4.04. The smallest absolute Gasteiger partial charge is 0.293 e. The highest BCUT2D eigenvalue weighted by Crippen LogP contribution is 2.37. The summed E-state index contributed by atoms with van der Waals surface area (Å²) in [6.45, 7) is -0.129. The maximum absolute atomic E-state index is 13.9. The standard InChI is InChI=1S/C21H12Cl2FNO3S/c22-15-6-3-5-14(19(15)23)17-9-8-13(28-17)10-18-20(26)25(21(27)29-18)11-12-4-1-2-7-16(12)24/h1-10H,11H2/b18-10+. The predicted molar refractivity (Wildman–Crippen MR) is 112 cm³/mol. The van der Waals surface area contributed by atoms with Gasteiger partial charge < -0.3 is 4.42 Å². The Balaban J connectivity index is 1.57. The number of hydrogen-bond acceptors (Lipinski definition) is 4. The first-order valence-electron chi connectivity index (χ1n) is 8.47. The molecule has 8 heteroatoms. The van der Waals surface area contributed by atoms with E-state index in [1.165, 1.54) is 18.2 Å². The second-order valence-electron chi connectivity index (χ2n) is 6.16. The molecule has 29 heavy (non-hydrogen) atoms. The van der Waals surface area contributed by atoms with E-state index in [4.69, 9.17) is 27.6 Å². The Hall–Kier alpha value is -2.54. The summed E-state index contributed by atoms with van der Waals surface area (Å²) in [5.41, 5.74) is 0.887. The average molecular weight is 448 g/mol. The molecule has 0 bridgehead atoms. The number of thioether (sulfide) groups is 1. The molecule has 4 rings (SSSR count).